The SMILES string of the molecule is C/C(=N\NC(=O)C1CCCCC1)c1cccc(NC(=O)c2ccc(Cl)cc2Cl)c1. The summed E-state index contributed by atoms with van der Waals surface area (Å²) in [6, 6.07) is 12.0. The number of nitrogens with zero attached hydrogens (tertiary/aromatic N) is 1. The fraction of sp³-hybridized carbons (Fsp3) is 0.318. The Morgan fingerprint density at radius 2 is 1.79 bits per heavy atom. The van der Waals surface area contributed by atoms with Gasteiger partial charge in [-0.15, -0.1) is 0 Å². The predicted octanol–water partition coefficient (Wildman–Crippen LogP) is 5.67. The van der Waals surface area contributed by atoms with Crippen LogP contribution in [0.3, 0.4) is 0 Å². The van der Waals surface area contributed by atoms with Crippen molar-refractivity contribution in [3.63, 3.8) is 0 Å². The lowest BCUT2D eigenvalue weighted by Gasteiger charge is -2.19. The van der Waals surface area contributed by atoms with E-state index in [4.69, 9.17) is 23.2 Å². The first-order valence-corrected chi connectivity index (χ1v) is 10.4. The standard InChI is InChI=1S/C22H23Cl2N3O2/c1-14(26-27-21(28)15-6-3-2-4-7-15)16-8-5-9-18(12-16)25-22(29)19-11-10-17(23)13-20(19)24/h5,8-13,15H,2-4,6-7H2,1H3,(H,25,29)(H,27,28)/b26-14+. The Bertz CT molecular complexity index is 937. The average molecular weight is 432 g/mol. The van der Waals surface area contributed by atoms with E-state index in [1.165, 1.54) is 12.5 Å². The van der Waals surface area contributed by atoms with Gasteiger partial charge in [-0.05, 0) is 55.7 Å². The van der Waals surface area contributed by atoms with E-state index in [0.717, 1.165) is 31.2 Å². The van der Waals surface area contributed by atoms with Gasteiger partial charge in [-0.25, -0.2) is 5.43 Å². The van der Waals surface area contributed by atoms with E-state index in [2.05, 4.69) is 15.8 Å². The number of amides is 2. The summed E-state index contributed by atoms with van der Waals surface area (Å²) >= 11 is 12.0. The van der Waals surface area contributed by atoms with Crippen molar-refractivity contribution in [1.82, 2.24) is 5.43 Å². The number of hydrogen-bond acceptors (Lipinski definition) is 3. The second-order valence-corrected chi connectivity index (χ2v) is 8.01. The van der Waals surface area contributed by atoms with Gasteiger partial charge >= 0.3 is 0 Å². The Morgan fingerprint density at radius 1 is 1.03 bits per heavy atom. The van der Waals surface area contributed by atoms with Crippen LogP contribution in [0.25, 0.3) is 0 Å². The van der Waals surface area contributed by atoms with Crippen molar-refractivity contribution >= 4 is 46.4 Å². The molecule has 0 saturated heterocycles. The topological polar surface area (TPSA) is 70.6 Å². The van der Waals surface area contributed by atoms with E-state index in [0.29, 0.717) is 22.0 Å². The molecule has 29 heavy (non-hydrogen) atoms. The van der Waals surface area contributed by atoms with Crippen molar-refractivity contribution < 1.29 is 9.59 Å². The van der Waals surface area contributed by atoms with Crippen LogP contribution in [0.1, 0.15) is 54.9 Å². The third kappa shape index (κ3) is 5.81. The van der Waals surface area contributed by atoms with Crippen LogP contribution in [0.4, 0.5) is 5.69 Å². The van der Waals surface area contributed by atoms with Crippen LogP contribution in [0, 0.1) is 5.92 Å². The molecule has 0 spiro atoms. The summed E-state index contributed by atoms with van der Waals surface area (Å²) in [7, 11) is 0. The molecule has 3 rings (SSSR count). The van der Waals surface area contributed by atoms with Crippen LogP contribution in [0.2, 0.25) is 10.0 Å². The minimum Gasteiger partial charge on any atom is -0.322 e. The molecular formula is C22H23Cl2N3O2. The first-order valence-electron chi connectivity index (χ1n) is 9.65. The van der Waals surface area contributed by atoms with Crippen LogP contribution < -0.4 is 10.7 Å². The fourth-order valence-corrected chi connectivity index (χ4v) is 3.85. The molecule has 152 valence electrons. The summed E-state index contributed by atoms with van der Waals surface area (Å²) in [5, 5.41) is 7.82. The van der Waals surface area contributed by atoms with Gasteiger partial charge in [-0.3, -0.25) is 9.59 Å². The molecule has 5 nitrogen and oxygen atoms in total. The van der Waals surface area contributed by atoms with E-state index < -0.39 is 0 Å². The zero-order chi connectivity index (χ0) is 20.8. The van der Waals surface area contributed by atoms with Crippen molar-refractivity contribution in [2.24, 2.45) is 11.0 Å². The van der Waals surface area contributed by atoms with Gasteiger partial charge in [0.2, 0.25) is 5.91 Å². The second kappa shape index (κ2) is 9.90. The van der Waals surface area contributed by atoms with Gasteiger partial charge in [-0.2, -0.15) is 5.10 Å². The van der Waals surface area contributed by atoms with Crippen LogP contribution in [0.5, 0.6) is 0 Å². The lowest BCUT2D eigenvalue weighted by molar-refractivity contribution is -0.125. The average Bonchev–Trinajstić information content (AvgIpc) is 2.72. The Labute approximate surface area is 180 Å². The normalized spacial score (nSPS) is 15.1. The first kappa shape index (κ1) is 21.3. The lowest BCUT2D eigenvalue weighted by Crippen LogP contribution is -2.29. The molecule has 0 atom stereocenters. The summed E-state index contributed by atoms with van der Waals surface area (Å²) in [6.07, 6.45) is 5.25. The highest BCUT2D eigenvalue weighted by Gasteiger charge is 2.20. The number of halogens is 2. The highest BCUT2D eigenvalue weighted by Crippen LogP contribution is 2.24. The first-order chi connectivity index (χ1) is 13.9. The van der Waals surface area contributed by atoms with E-state index in [1.807, 2.05) is 19.1 Å². The number of nitrogens with one attached hydrogen (secondary N) is 2. The van der Waals surface area contributed by atoms with E-state index in [1.54, 1.807) is 24.3 Å². The maximum atomic E-state index is 12.5. The Morgan fingerprint density at radius 3 is 2.52 bits per heavy atom. The summed E-state index contributed by atoms with van der Waals surface area (Å²) < 4.78 is 0. The Balaban J connectivity index is 1.66. The molecule has 1 aliphatic carbocycles. The van der Waals surface area contributed by atoms with Crippen molar-refractivity contribution in [1.29, 1.82) is 0 Å². The van der Waals surface area contributed by atoms with Crippen molar-refractivity contribution in [3.05, 3.63) is 63.6 Å². The minimum atomic E-state index is -0.330. The number of benzene rings is 2. The smallest absolute Gasteiger partial charge is 0.257 e. The maximum Gasteiger partial charge on any atom is 0.257 e. The van der Waals surface area contributed by atoms with E-state index >= 15 is 0 Å². The molecule has 0 unspecified atom stereocenters. The molecule has 0 radical (unpaired) electrons. The van der Waals surface area contributed by atoms with Crippen LogP contribution in [0.15, 0.2) is 47.6 Å². The molecule has 1 fully saturated rings. The van der Waals surface area contributed by atoms with Gasteiger partial charge in [0, 0.05) is 16.6 Å². The molecule has 1 saturated carbocycles. The molecule has 0 bridgehead atoms. The second-order valence-electron chi connectivity index (χ2n) is 7.17. The Hall–Kier alpha value is -2.37. The minimum absolute atomic E-state index is 0.0223. The third-order valence-corrected chi connectivity index (χ3v) is 5.57. The number of rotatable bonds is 5. The van der Waals surface area contributed by atoms with Crippen molar-refractivity contribution in [3.8, 4) is 0 Å². The largest absolute Gasteiger partial charge is 0.322 e. The highest BCUT2D eigenvalue weighted by molar-refractivity contribution is 6.37. The predicted molar refractivity (Wildman–Crippen MR) is 118 cm³/mol. The van der Waals surface area contributed by atoms with Crippen LogP contribution in [-0.2, 0) is 4.79 Å². The molecule has 2 aromatic carbocycles. The summed E-state index contributed by atoms with van der Waals surface area (Å²) in [5.74, 6) is -0.301. The molecule has 2 N–H and O–H groups in total. The number of hydrogen-bond donors (Lipinski definition) is 2. The van der Waals surface area contributed by atoms with Crippen molar-refractivity contribution in [2.75, 3.05) is 5.32 Å². The third-order valence-electron chi connectivity index (χ3n) is 5.02. The van der Waals surface area contributed by atoms with Gasteiger partial charge in [-0.1, -0.05) is 54.6 Å². The monoisotopic (exact) mass is 431 g/mol. The molecule has 1 aliphatic rings. The zero-order valence-corrected chi connectivity index (χ0v) is 17.7. The fourth-order valence-electron chi connectivity index (χ4n) is 3.35. The number of hydrazone groups is 1. The van der Waals surface area contributed by atoms with Gasteiger partial charge in [0.1, 0.15) is 0 Å². The van der Waals surface area contributed by atoms with Gasteiger partial charge in [0.05, 0.1) is 16.3 Å². The van der Waals surface area contributed by atoms with Crippen molar-refractivity contribution in [2.45, 2.75) is 39.0 Å². The molecule has 2 amide bonds. The zero-order valence-electron chi connectivity index (χ0n) is 16.2. The summed E-state index contributed by atoms with van der Waals surface area (Å²) in [4.78, 5) is 24.8. The molecule has 2 aromatic rings. The molecule has 0 aliphatic heterocycles. The van der Waals surface area contributed by atoms with Crippen LogP contribution >= 0.6 is 23.2 Å². The van der Waals surface area contributed by atoms with Gasteiger partial charge in [0.15, 0.2) is 0 Å². The Kier molecular flexibility index (Phi) is 7.29. The van der Waals surface area contributed by atoms with Gasteiger partial charge < -0.3 is 5.32 Å². The molecular weight excluding hydrogens is 409 g/mol. The summed E-state index contributed by atoms with van der Waals surface area (Å²) in [5.41, 5.74) is 5.09. The quantitative estimate of drug-likeness (QED) is 0.472. The van der Waals surface area contributed by atoms with Crippen LogP contribution in [-0.4, -0.2) is 17.5 Å². The molecule has 0 heterocycles. The van der Waals surface area contributed by atoms with E-state index in [-0.39, 0.29) is 22.8 Å². The highest BCUT2D eigenvalue weighted by atomic mass is 35.5. The van der Waals surface area contributed by atoms with Gasteiger partial charge in [0.25, 0.3) is 5.91 Å². The number of anilines is 1. The number of carbonyl (C=O) groups excluding carboxylic acids is 2. The maximum absolute atomic E-state index is 12.5. The van der Waals surface area contributed by atoms with E-state index in [9.17, 15) is 9.59 Å². The number of carbonyl (C=O) groups is 2. The molecule has 0 aromatic heterocycles. The lowest BCUT2D eigenvalue weighted by atomic mass is 9.89. The molecule has 7 heteroatoms. The summed E-state index contributed by atoms with van der Waals surface area (Å²) in [6.45, 7) is 1.82.